The number of benzene rings is 2. The zero-order valence-corrected chi connectivity index (χ0v) is 9.24. The lowest BCUT2D eigenvalue weighted by Crippen LogP contribution is -2.11. The first-order valence-electron chi connectivity index (χ1n) is 5.84. The van der Waals surface area contributed by atoms with Gasteiger partial charge in [-0.1, -0.05) is 30.7 Å². The second-order valence-corrected chi connectivity index (χ2v) is 4.64. The second-order valence-electron chi connectivity index (χ2n) is 4.64. The Labute approximate surface area is 95.2 Å². The maximum Gasteiger partial charge on any atom is 0.0450 e. The minimum absolute atomic E-state index is 0.656. The summed E-state index contributed by atoms with van der Waals surface area (Å²) in [6, 6.07) is 10.3. The minimum Gasteiger partial charge on any atom is -0.398 e. The van der Waals surface area contributed by atoms with E-state index in [1.165, 1.54) is 24.8 Å². The maximum atomic E-state index is 6.25. The lowest BCUT2D eigenvalue weighted by Gasteiger charge is -2.27. The molecule has 0 spiro atoms. The summed E-state index contributed by atoms with van der Waals surface area (Å²) < 4.78 is 0. The van der Waals surface area contributed by atoms with Crippen LogP contribution in [0.25, 0.3) is 10.8 Å². The van der Waals surface area contributed by atoms with Crippen LogP contribution in [0.5, 0.6) is 0 Å². The quantitative estimate of drug-likeness (QED) is 0.713. The van der Waals surface area contributed by atoms with Gasteiger partial charge in [-0.15, -0.1) is 0 Å². The van der Waals surface area contributed by atoms with Gasteiger partial charge in [-0.05, 0) is 35.8 Å². The van der Waals surface area contributed by atoms with Crippen LogP contribution in [0.2, 0.25) is 0 Å². The smallest absolute Gasteiger partial charge is 0.0450 e. The fourth-order valence-corrected chi connectivity index (χ4v) is 2.53. The minimum atomic E-state index is 0.656. The molecule has 0 saturated heterocycles. The Morgan fingerprint density at radius 1 is 1.00 bits per heavy atom. The third-order valence-electron chi connectivity index (χ3n) is 3.70. The average molecular weight is 212 g/mol. The molecule has 1 aliphatic carbocycles. The highest BCUT2D eigenvalue weighted by Gasteiger charge is 2.22. The van der Waals surface area contributed by atoms with E-state index in [0.717, 1.165) is 22.1 Å². The fourth-order valence-electron chi connectivity index (χ4n) is 2.53. The first kappa shape index (κ1) is 9.52. The first-order valence-corrected chi connectivity index (χ1v) is 5.84. The van der Waals surface area contributed by atoms with Crippen molar-refractivity contribution in [2.75, 3.05) is 11.5 Å². The van der Waals surface area contributed by atoms with Gasteiger partial charge in [0.2, 0.25) is 0 Å². The van der Waals surface area contributed by atoms with E-state index in [1.807, 2.05) is 12.1 Å². The molecular formula is C14H16N2. The number of anilines is 2. The molecule has 2 heteroatoms. The van der Waals surface area contributed by atoms with Gasteiger partial charge in [-0.2, -0.15) is 0 Å². The molecule has 1 aliphatic rings. The van der Waals surface area contributed by atoms with Gasteiger partial charge in [0.25, 0.3) is 0 Å². The van der Waals surface area contributed by atoms with Crippen LogP contribution in [0.15, 0.2) is 30.3 Å². The first-order chi connectivity index (χ1) is 7.77. The monoisotopic (exact) mass is 212 g/mol. The molecule has 0 aromatic heterocycles. The molecule has 0 amide bonds. The number of rotatable bonds is 1. The molecule has 0 atom stereocenters. The summed E-state index contributed by atoms with van der Waals surface area (Å²) in [6.45, 7) is 0. The lowest BCUT2D eigenvalue weighted by molar-refractivity contribution is 0.421. The molecule has 0 bridgehead atoms. The van der Waals surface area contributed by atoms with Gasteiger partial charge in [0, 0.05) is 16.8 Å². The second kappa shape index (κ2) is 3.41. The van der Waals surface area contributed by atoms with E-state index in [2.05, 4.69) is 18.2 Å². The highest BCUT2D eigenvalue weighted by molar-refractivity contribution is 6.02. The summed E-state index contributed by atoms with van der Waals surface area (Å²) in [5.41, 5.74) is 15.2. The molecule has 1 saturated carbocycles. The summed E-state index contributed by atoms with van der Waals surface area (Å²) in [5.74, 6) is 0.656. The van der Waals surface area contributed by atoms with E-state index in [-0.39, 0.29) is 0 Å². The summed E-state index contributed by atoms with van der Waals surface area (Å²) >= 11 is 0. The summed E-state index contributed by atoms with van der Waals surface area (Å²) in [7, 11) is 0. The van der Waals surface area contributed by atoms with E-state index in [0.29, 0.717) is 5.92 Å². The Morgan fingerprint density at radius 3 is 2.50 bits per heavy atom. The molecule has 82 valence electrons. The molecule has 0 radical (unpaired) electrons. The number of hydrogen-bond donors (Lipinski definition) is 2. The Hall–Kier alpha value is -1.70. The van der Waals surface area contributed by atoms with Crippen molar-refractivity contribution in [2.45, 2.75) is 25.2 Å². The van der Waals surface area contributed by atoms with Crippen LogP contribution in [0, 0.1) is 0 Å². The normalized spacial score (nSPS) is 16.2. The van der Waals surface area contributed by atoms with Crippen LogP contribution >= 0.6 is 0 Å². The van der Waals surface area contributed by atoms with Gasteiger partial charge in [0.1, 0.15) is 0 Å². The lowest BCUT2D eigenvalue weighted by atomic mass is 9.78. The number of fused-ring (bicyclic) bond motifs is 1. The Morgan fingerprint density at radius 2 is 1.81 bits per heavy atom. The van der Waals surface area contributed by atoms with Gasteiger partial charge in [-0.25, -0.2) is 0 Å². The molecule has 0 heterocycles. The van der Waals surface area contributed by atoms with Crippen LogP contribution in [0.1, 0.15) is 30.7 Å². The zero-order chi connectivity index (χ0) is 11.1. The summed E-state index contributed by atoms with van der Waals surface area (Å²) in [6.07, 6.45) is 3.86. The predicted molar refractivity (Wildman–Crippen MR) is 69.4 cm³/mol. The average Bonchev–Trinajstić information content (AvgIpc) is 2.19. The van der Waals surface area contributed by atoms with E-state index in [9.17, 15) is 0 Å². The molecule has 2 nitrogen and oxygen atoms in total. The van der Waals surface area contributed by atoms with Crippen molar-refractivity contribution in [3.63, 3.8) is 0 Å². The van der Waals surface area contributed by atoms with Crippen LogP contribution in [0.3, 0.4) is 0 Å². The maximum absolute atomic E-state index is 6.25. The third-order valence-corrected chi connectivity index (χ3v) is 3.70. The fraction of sp³-hybridized carbons (Fsp3) is 0.286. The van der Waals surface area contributed by atoms with Crippen LogP contribution in [-0.4, -0.2) is 0 Å². The molecule has 4 N–H and O–H groups in total. The number of nitrogens with two attached hydrogens (primary N) is 2. The molecule has 1 fully saturated rings. The van der Waals surface area contributed by atoms with Gasteiger partial charge < -0.3 is 11.5 Å². The van der Waals surface area contributed by atoms with Gasteiger partial charge in [0.15, 0.2) is 0 Å². The van der Waals surface area contributed by atoms with Crippen molar-refractivity contribution in [3.8, 4) is 0 Å². The summed E-state index contributed by atoms with van der Waals surface area (Å²) in [5, 5.41) is 2.17. The Bertz CT molecular complexity index is 542. The zero-order valence-electron chi connectivity index (χ0n) is 9.24. The molecule has 0 aliphatic heterocycles. The van der Waals surface area contributed by atoms with Crippen molar-refractivity contribution in [2.24, 2.45) is 0 Å². The van der Waals surface area contributed by atoms with Crippen molar-refractivity contribution in [3.05, 3.63) is 35.9 Å². The number of hydrogen-bond acceptors (Lipinski definition) is 2. The molecular weight excluding hydrogens is 196 g/mol. The van der Waals surface area contributed by atoms with Crippen molar-refractivity contribution >= 4 is 22.1 Å². The van der Waals surface area contributed by atoms with Crippen molar-refractivity contribution < 1.29 is 0 Å². The van der Waals surface area contributed by atoms with E-state index < -0.39 is 0 Å². The standard InChI is InChI=1S/C14H16N2/c15-12-6-2-5-10-7-8-11(9-3-1-4-9)14(16)13(10)12/h2,5-9H,1,3-4,15-16H2. The largest absolute Gasteiger partial charge is 0.398 e. The third kappa shape index (κ3) is 1.26. The van der Waals surface area contributed by atoms with Crippen molar-refractivity contribution in [1.29, 1.82) is 0 Å². The highest BCUT2D eigenvalue weighted by atomic mass is 14.6. The highest BCUT2D eigenvalue weighted by Crippen LogP contribution is 2.42. The van der Waals surface area contributed by atoms with E-state index >= 15 is 0 Å². The van der Waals surface area contributed by atoms with E-state index in [4.69, 9.17) is 11.5 Å². The molecule has 0 unspecified atom stereocenters. The summed E-state index contributed by atoms with van der Waals surface area (Å²) in [4.78, 5) is 0. The van der Waals surface area contributed by atoms with Gasteiger partial charge in [0.05, 0.1) is 0 Å². The SMILES string of the molecule is Nc1cccc2ccc(C3CCC3)c(N)c12. The van der Waals surface area contributed by atoms with E-state index in [1.54, 1.807) is 0 Å². The molecule has 3 rings (SSSR count). The van der Waals surface area contributed by atoms with Gasteiger partial charge >= 0.3 is 0 Å². The molecule has 2 aromatic rings. The molecule has 16 heavy (non-hydrogen) atoms. The van der Waals surface area contributed by atoms with Crippen molar-refractivity contribution in [1.82, 2.24) is 0 Å². The predicted octanol–water partition coefficient (Wildman–Crippen LogP) is 3.27. The van der Waals surface area contributed by atoms with Crippen LogP contribution < -0.4 is 11.5 Å². The topological polar surface area (TPSA) is 52.0 Å². The van der Waals surface area contributed by atoms with Gasteiger partial charge in [-0.3, -0.25) is 0 Å². The number of nitrogen functional groups attached to an aromatic ring is 2. The Balaban J connectivity index is 2.25. The Kier molecular flexibility index (Phi) is 2.03. The van der Waals surface area contributed by atoms with Crippen LogP contribution in [-0.2, 0) is 0 Å². The van der Waals surface area contributed by atoms with Crippen LogP contribution in [0.4, 0.5) is 11.4 Å². The molecule has 2 aromatic carbocycles.